The van der Waals surface area contributed by atoms with Crippen molar-refractivity contribution in [3.8, 4) is 0 Å². The summed E-state index contributed by atoms with van der Waals surface area (Å²) in [5.41, 5.74) is 2.38. The van der Waals surface area contributed by atoms with Crippen molar-refractivity contribution in [1.82, 2.24) is 4.98 Å². The fourth-order valence-corrected chi connectivity index (χ4v) is 0.855. The van der Waals surface area contributed by atoms with Crippen molar-refractivity contribution >= 4 is 11.5 Å². The number of nitrogen functional groups attached to an aromatic ring is 1. The number of H-pyrrole nitrogens is 1. The quantitative estimate of drug-likeness (QED) is 0.550. The highest BCUT2D eigenvalue weighted by atomic mass is 19.3. The lowest BCUT2D eigenvalue weighted by Gasteiger charge is -2.02. The van der Waals surface area contributed by atoms with E-state index in [1.807, 2.05) is 0 Å². The van der Waals surface area contributed by atoms with Crippen LogP contribution < -0.4 is 11.3 Å². The lowest BCUT2D eigenvalue weighted by molar-refractivity contribution is -0.389. The maximum atomic E-state index is 12.2. The summed E-state index contributed by atoms with van der Waals surface area (Å²) >= 11 is 0. The number of rotatable bonds is 2. The van der Waals surface area contributed by atoms with Gasteiger partial charge < -0.3 is 15.8 Å². The largest absolute Gasteiger partial charge is 0.392 e. The molecule has 0 saturated carbocycles. The molecule has 0 amide bonds. The van der Waals surface area contributed by atoms with E-state index in [4.69, 9.17) is 5.73 Å². The average molecular weight is 205 g/mol. The number of hydrogen-bond acceptors (Lipinski definition) is 4. The molecular weight excluding hydrogens is 200 g/mol. The average Bonchev–Trinajstić information content (AvgIpc) is 2.08. The molecule has 0 aliphatic rings. The molecule has 0 aliphatic carbocycles. The van der Waals surface area contributed by atoms with Gasteiger partial charge in [-0.3, -0.25) is 0 Å². The summed E-state index contributed by atoms with van der Waals surface area (Å²) in [7, 11) is 0. The van der Waals surface area contributed by atoms with Gasteiger partial charge in [-0.15, -0.1) is 0 Å². The van der Waals surface area contributed by atoms with E-state index in [9.17, 15) is 23.7 Å². The molecule has 0 spiro atoms. The summed E-state index contributed by atoms with van der Waals surface area (Å²) < 4.78 is 24.4. The zero-order chi connectivity index (χ0) is 10.9. The molecule has 8 heteroatoms. The monoisotopic (exact) mass is 205 g/mol. The van der Waals surface area contributed by atoms with Crippen LogP contribution in [0.2, 0.25) is 0 Å². The first-order valence-electron chi connectivity index (χ1n) is 3.38. The molecule has 0 atom stereocenters. The Kier molecular flexibility index (Phi) is 2.45. The van der Waals surface area contributed by atoms with Gasteiger partial charge in [-0.05, 0) is 4.92 Å². The van der Waals surface area contributed by atoms with Crippen LogP contribution >= 0.6 is 0 Å². The van der Waals surface area contributed by atoms with Crippen LogP contribution in [-0.4, -0.2) is 9.91 Å². The van der Waals surface area contributed by atoms with Gasteiger partial charge in [0.15, 0.2) is 0 Å². The summed E-state index contributed by atoms with van der Waals surface area (Å²) in [6.07, 6.45) is -3.02. The van der Waals surface area contributed by atoms with Crippen LogP contribution in [0.4, 0.5) is 20.3 Å². The number of alkyl halides is 2. The van der Waals surface area contributed by atoms with Crippen LogP contribution in [0.25, 0.3) is 0 Å². The van der Waals surface area contributed by atoms with E-state index in [0.29, 0.717) is 6.07 Å². The molecule has 0 unspecified atom stereocenters. The van der Waals surface area contributed by atoms with E-state index in [2.05, 4.69) is 0 Å². The SMILES string of the molecule is Nc1c(C(F)F)cc([N+](=O)[O-])[nH]c1=O. The summed E-state index contributed by atoms with van der Waals surface area (Å²) in [5.74, 6) is -0.806. The molecular formula is C6H5F2N3O3. The van der Waals surface area contributed by atoms with Crippen LogP contribution in [0.15, 0.2) is 10.9 Å². The van der Waals surface area contributed by atoms with Crippen LogP contribution in [0, 0.1) is 10.1 Å². The van der Waals surface area contributed by atoms with E-state index in [1.165, 1.54) is 0 Å². The van der Waals surface area contributed by atoms with Crippen molar-refractivity contribution in [1.29, 1.82) is 0 Å². The lowest BCUT2D eigenvalue weighted by Crippen LogP contribution is -2.16. The van der Waals surface area contributed by atoms with Gasteiger partial charge in [-0.2, -0.15) is 0 Å². The van der Waals surface area contributed by atoms with Crippen LogP contribution in [-0.2, 0) is 0 Å². The molecule has 3 N–H and O–H groups in total. The number of aromatic amines is 1. The summed E-state index contributed by atoms with van der Waals surface area (Å²) in [5, 5.41) is 10.2. The van der Waals surface area contributed by atoms with Crippen molar-refractivity contribution < 1.29 is 13.7 Å². The first-order valence-corrected chi connectivity index (χ1v) is 3.38. The van der Waals surface area contributed by atoms with E-state index < -0.39 is 34.0 Å². The molecule has 0 aliphatic heterocycles. The van der Waals surface area contributed by atoms with Crippen molar-refractivity contribution in [3.05, 3.63) is 32.1 Å². The smallest absolute Gasteiger partial charge is 0.355 e. The second kappa shape index (κ2) is 3.40. The predicted molar refractivity (Wildman–Crippen MR) is 43.1 cm³/mol. The molecule has 0 fully saturated rings. The Hall–Kier alpha value is -1.99. The highest BCUT2D eigenvalue weighted by Gasteiger charge is 2.19. The van der Waals surface area contributed by atoms with Crippen molar-refractivity contribution in [3.63, 3.8) is 0 Å². The van der Waals surface area contributed by atoms with Crippen LogP contribution in [0.1, 0.15) is 12.0 Å². The van der Waals surface area contributed by atoms with E-state index in [-0.39, 0.29) is 0 Å². The molecule has 0 bridgehead atoms. The summed E-state index contributed by atoms with van der Waals surface area (Å²) in [6, 6.07) is 0.543. The molecule has 76 valence electrons. The molecule has 0 saturated heterocycles. The Morgan fingerprint density at radius 1 is 1.57 bits per heavy atom. The van der Waals surface area contributed by atoms with Crippen LogP contribution in [0.5, 0.6) is 0 Å². The minimum Gasteiger partial charge on any atom is -0.392 e. The first kappa shape index (κ1) is 10.1. The Bertz CT molecular complexity index is 429. The van der Waals surface area contributed by atoms with Gasteiger partial charge in [0.2, 0.25) is 0 Å². The van der Waals surface area contributed by atoms with Crippen molar-refractivity contribution in [2.24, 2.45) is 0 Å². The number of nitrogens with two attached hydrogens (primary N) is 1. The number of aromatic nitrogens is 1. The minimum absolute atomic E-state index is 0.543. The van der Waals surface area contributed by atoms with Gasteiger partial charge in [0.25, 0.3) is 6.43 Å². The second-order valence-electron chi connectivity index (χ2n) is 2.41. The molecule has 6 nitrogen and oxygen atoms in total. The third kappa shape index (κ3) is 1.68. The minimum atomic E-state index is -3.02. The molecule has 1 aromatic heterocycles. The van der Waals surface area contributed by atoms with Crippen molar-refractivity contribution in [2.75, 3.05) is 5.73 Å². The Morgan fingerprint density at radius 2 is 2.14 bits per heavy atom. The maximum absolute atomic E-state index is 12.2. The van der Waals surface area contributed by atoms with Gasteiger partial charge in [-0.1, -0.05) is 0 Å². The van der Waals surface area contributed by atoms with Gasteiger partial charge >= 0.3 is 11.4 Å². The predicted octanol–water partition coefficient (Wildman–Crippen LogP) is 0.803. The third-order valence-corrected chi connectivity index (χ3v) is 1.52. The van der Waals surface area contributed by atoms with Crippen LogP contribution in [0.3, 0.4) is 0 Å². The van der Waals surface area contributed by atoms with Gasteiger partial charge in [-0.25, -0.2) is 18.6 Å². The van der Waals surface area contributed by atoms with E-state index >= 15 is 0 Å². The van der Waals surface area contributed by atoms with E-state index in [1.54, 1.807) is 4.98 Å². The number of anilines is 1. The molecule has 1 heterocycles. The summed E-state index contributed by atoms with van der Waals surface area (Å²) in [6.45, 7) is 0. The topological polar surface area (TPSA) is 102 Å². The van der Waals surface area contributed by atoms with Crippen molar-refractivity contribution in [2.45, 2.75) is 6.43 Å². The molecule has 0 radical (unpaired) electrons. The van der Waals surface area contributed by atoms with Gasteiger partial charge in [0.05, 0.1) is 5.56 Å². The highest BCUT2D eigenvalue weighted by Crippen LogP contribution is 2.24. The number of nitro groups is 1. The standard InChI is InChI=1S/C6H5F2N3O3/c7-5(8)2-1-3(11(13)14)10-6(12)4(2)9/h1,5H,9H2,(H,10,12). The number of hydrogen-bond donors (Lipinski definition) is 2. The maximum Gasteiger partial charge on any atom is 0.355 e. The van der Waals surface area contributed by atoms with Gasteiger partial charge in [0.1, 0.15) is 5.69 Å². The zero-order valence-corrected chi connectivity index (χ0v) is 6.66. The number of nitrogens with one attached hydrogen (secondary N) is 1. The first-order chi connectivity index (χ1) is 6.43. The number of halogens is 2. The molecule has 0 aromatic carbocycles. The summed E-state index contributed by atoms with van der Waals surface area (Å²) in [4.78, 5) is 21.8. The van der Waals surface area contributed by atoms with Gasteiger partial charge in [0, 0.05) is 6.07 Å². The fraction of sp³-hybridized carbons (Fsp3) is 0.167. The van der Waals surface area contributed by atoms with E-state index in [0.717, 1.165) is 0 Å². The molecule has 14 heavy (non-hydrogen) atoms. The lowest BCUT2D eigenvalue weighted by atomic mass is 10.2. The zero-order valence-electron chi connectivity index (χ0n) is 6.66. The number of nitrogens with zero attached hydrogens (tertiary/aromatic N) is 1. The highest BCUT2D eigenvalue weighted by molar-refractivity contribution is 5.48. The Balaban J connectivity index is 3.43. The molecule has 1 rings (SSSR count). The number of pyridine rings is 1. The molecule has 1 aromatic rings. The fourth-order valence-electron chi connectivity index (χ4n) is 0.855. The third-order valence-electron chi connectivity index (χ3n) is 1.52. The Labute approximate surface area is 75.5 Å². The normalized spacial score (nSPS) is 10.5. The Morgan fingerprint density at radius 3 is 2.57 bits per heavy atom. The second-order valence-corrected chi connectivity index (χ2v) is 2.41.